The van der Waals surface area contributed by atoms with Gasteiger partial charge in [0.25, 0.3) is 0 Å². The van der Waals surface area contributed by atoms with Gasteiger partial charge in [0.1, 0.15) is 0 Å². The van der Waals surface area contributed by atoms with E-state index in [1.807, 2.05) is 78.7 Å². The summed E-state index contributed by atoms with van der Waals surface area (Å²) in [5.41, 5.74) is 4.30. The summed E-state index contributed by atoms with van der Waals surface area (Å²) in [5.74, 6) is -0.291. The maximum Gasteiger partial charge on any atom is 0.158 e. The minimum absolute atomic E-state index is 0.00487. The summed E-state index contributed by atoms with van der Waals surface area (Å²) in [6.45, 7) is 4.17. The highest BCUT2D eigenvalue weighted by Crippen LogP contribution is 2.39. The van der Waals surface area contributed by atoms with Crippen molar-refractivity contribution in [2.45, 2.75) is 26.3 Å². The average Bonchev–Trinajstić information content (AvgIpc) is 2.64. The van der Waals surface area contributed by atoms with E-state index in [0.29, 0.717) is 17.7 Å². The third-order valence-corrected chi connectivity index (χ3v) is 4.55. The lowest BCUT2D eigenvalue weighted by molar-refractivity contribution is -0.114. The quantitative estimate of drug-likeness (QED) is 0.826. The Kier molecular flexibility index (Phi) is 4.81. The molecule has 0 spiro atoms. The number of nitriles is 1. The number of hydrogen-bond acceptors (Lipinski definition) is 3. The van der Waals surface area contributed by atoms with Gasteiger partial charge < -0.3 is 4.90 Å². The molecule has 0 aliphatic carbocycles. The van der Waals surface area contributed by atoms with Crippen LogP contribution in [0, 0.1) is 11.3 Å². The lowest BCUT2D eigenvalue weighted by Gasteiger charge is -2.33. The van der Waals surface area contributed by atoms with Gasteiger partial charge in [-0.2, -0.15) is 5.26 Å². The Morgan fingerprint density at radius 2 is 1.68 bits per heavy atom. The Balaban J connectivity index is 2.07. The van der Waals surface area contributed by atoms with Gasteiger partial charge in [-0.25, -0.2) is 0 Å². The second kappa shape index (κ2) is 7.19. The minimum Gasteiger partial charge on any atom is -0.346 e. The van der Waals surface area contributed by atoms with Crippen LogP contribution in [0.5, 0.6) is 0 Å². The first-order valence-electron chi connectivity index (χ1n) is 8.31. The molecule has 0 bridgehead atoms. The van der Waals surface area contributed by atoms with E-state index in [2.05, 4.69) is 6.07 Å². The molecule has 3 rings (SSSR count). The maximum absolute atomic E-state index is 12.4. The number of ketones is 1. The molecule has 3 heteroatoms. The largest absolute Gasteiger partial charge is 0.346 e. The first-order valence-corrected chi connectivity index (χ1v) is 8.31. The summed E-state index contributed by atoms with van der Waals surface area (Å²) < 4.78 is 0. The zero-order valence-electron chi connectivity index (χ0n) is 14.4. The summed E-state index contributed by atoms with van der Waals surface area (Å²) in [5, 5.41) is 9.71. The molecule has 0 amide bonds. The highest BCUT2D eigenvalue weighted by atomic mass is 16.1. The normalized spacial score (nSPS) is 17.1. The zero-order chi connectivity index (χ0) is 17.8. The minimum atomic E-state index is -0.296. The van der Waals surface area contributed by atoms with Crippen LogP contribution in [-0.2, 0) is 11.3 Å². The van der Waals surface area contributed by atoms with Crippen molar-refractivity contribution in [1.29, 1.82) is 5.26 Å². The van der Waals surface area contributed by atoms with Crippen LogP contribution in [-0.4, -0.2) is 10.7 Å². The fraction of sp³-hybridized carbons (Fsp3) is 0.182. The summed E-state index contributed by atoms with van der Waals surface area (Å²) in [7, 11) is 0. The van der Waals surface area contributed by atoms with E-state index in [4.69, 9.17) is 0 Å². The number of allylic oxidation sites excluding steroid dienone is 3. The van der Waals surface area contributed by atoms with Gasteiger partial charge >= 0.3 is 0 Å². The predicted molar refractivity (Wildman–Crippen MR) is 98.2 cm³/mol. The van der Waals surface area contributed by atoms with Gasteiger partial charge in [-0.05, 0) is 25.0 Å². The molecule has 1 aliphatic rings. The van der Waals surface area contributed by atoms with Crippen LogP contribution in [0.1, 0.15) is 30.9 Å². The molecule has 0 saturated heterocycles. The van der Waals surface area contributed by atoms with Crippen LogP contribution >= 0.6 is 0 Å². The lowest BCUT2D eigenvalue weighted by atomic mass is 9.80. The lowest BCUT2D eigenvalue weighted by Crippen LogP contribution is -2.27. The summed E-state index contributed by atoms with van der Waals surface area (Å²) in [6.07, 6.45) is 1.88. The number of nitrogens with zero attached hydrogens (tertiary/aromatic N) is 2. The molecule has 124 valence electrons. The van der Waals surface area contributed by atoms with Gasteiger partial charge in [-0.15, -0.1) is 0 Å². The number of Topliss-reactive ketones (excluding diaryl/α,β-unsaturated/α-hetero) is 1. The summed E-state index contributed by atoms with van der Waals surface area (Å²) >= 11 is 0. The molecule has 25 heavy (non-hydrogen) atoms. The highest BCUT2D eigenvalue weighted by Gasteiger charge is 2.31. The van der Waals surface area contributed by atoms with Crippen molar-refractivity contribution in [3.63, 3.8) is 0 Å². The van der Waals surface area contributed by atoms with Gasteiger partial charge in [-0.1, -0.05) is 60.7 Å². The van der Waals surface area contributed by atoms with E-state index in [0.717, 1.165) is 16.8 Å². The van der Waals surface area contributed by atoms with Crippen LogP contribution in [0.25, 0.3) is 0 Å². The van der Waals surface area contributed by atoms with E-state index in [1.54, 1.807) is 6.92 Å². The Morgan fingerprint density at radius 3 is 2.24 bits per heavy atom. The number of rotatable bonds is 4. The Labute approximate surface area is 148 Å². The standard InChI is InChI=1S/C22H20N2O/c1-16-21(17(2)25)22(19-11-7-4-8-12-19)20(13-23)15-24(16)14-18-9-5-3-6-10-18/h3-12,15,22H,14H2,1-2H3. The van der Waals surface area contributed by atoms with E-state index in [1.165, 1.54) is 0 Å². The van der Waals surface area contributed by atoms with Gasteiger partial charge in [0.15, 0.2) is 5.78 Å². The van der Waals surface area contributed by atoms with E-state index in [9.17, 15) is 10.1 Å². The number of carbonyl (C=O) groups excluding carboxylic acids is 1. The second-order valence-corrected chi connectivity index (χ2v) is 6.21. The van der Waals surface area contributed by atoms with Gasteiger partial charge in [0.2, 0.25) is 0 Å². The van der Waals surface area contributed by atoms with Crippen LogP contribution < -0.4 is 0 Å². The number of hydrogen-bond donors (Lipinski definition) is 0. The van der Waals surface area contributed by atoms with Crippen molar-refractivity contribution in [2.75, 3.05) is 0 Å². The zero-order valence-corrected chi connectivity index (χ0v) is 14.4. The molecule has 2 aromatic rings. The molecule has 0 N–H and O–H groups in total. The molecule has 1 aliphatic heterocycles. The van der Waals surface area contributed by atoms with E-state index in [-0.39, 0.29) is 11.7 Å². The van der Waals surface area contributed by atoms with E-state index < -0.39 is 0 Å². The monoisotopic (exact) mass is 328 g/mol. The summed E-state index contributed by atoms with van der Waals surface area (Å²) in [6, 6.07) is 22.1. The fourth-order valence-electron chi connectivity index (χ4n) is 3.35. The maximum atomic E-state index is 12.4. The first-order chi connectivity index (χ1) is 12.1. The molecule has 1 heterocycles. The molecule has 2 aromatic carbocycles. The SMILES string of the molecule is CC(=O)C1=C(C)N(Cc2ccccc2)C=C(C#N)C1c1ccccc1. The smallest absolute Gasteiger partial charge is 0.158 e. The molecular weight excluding hydrogens is 308 g/mol. The van der Waals surface area contributed by atoms with Gasteiger partial charge in [-0.3, -0.25) is 4.79 Å². The van der Waals surface area contributed by atoms with Crippen molar-refractivity contribution in [2.24, 2.45) is 0 Å². The molecule has 0 radical (unpaired) electrons. The van der Waals surface area contributed by atoms with Crippen LogP contribution in [0.2, 0.25) is 0 Å². The number of carbonyl (C=O) groups is 1. The van der Waals surface area contributed by atoms with Crippen LogP contribution in [0.3, 0.4) is 0 Å². The van der Waals surface area contributed by atoms with Gasteiger partial charge in [0.05, 0.1) is 17.6 Å². The van der Waals surface area contributed by atoms with Crippen molar-refractivity contribution in [3.05, 3.63) is 94.8 Å². The first kappa shape index (κ1) is 16.7. The van der Waals surface area contributed by atoms with Crippen molar-refractivity contribution in [1.82, 2.24) is 4.90 Å². The molecule has 1 atom stereocenters. The number of benzene rings is 2. The Hall–Kier alpha value is -3.12. The average molecular weight is 328 g/mol. The Bertz CT molecular complexity index is 873. The van der Waals surface area contributed by atoms with Crippen molar-refractivity contribution in [3.8, 4) is 6.07 Å². The molecular formula is C22H20N2O. The topological polar surface area (TPSA) is 44.1 Å². The molecule has 1 unspecified atom stereocenters. The van der Waals surface area contributed by atoms with Crippen molar-refractivity contribution < 1.29 is 4.79 Å². The molecule has 0 aromatic heterocycles. The van der Waals surface area contributed by atoms with Crippen molar-refractivity contribution >= 4 is 5.78 Å². The van der Waals surface area contributed by atoms with Crippen LogP contribution in [0.4, 0.5) is 0 Å². The van der Waals surface area contributed by atoms with E-state index >= 15 is 0 Å². The predicted octanol–water partition coefficient (Wildman–Crippen LogP) is 4.56. The highest BCUT2D eigenvalue weighted by molar-refractivity contribution is 5.97. The summed E-state index contributed by atoms with van der Waals surface area (Å²) in [4.78, 5) is 14.4. The Morgan fingerprint density at radius 1 is 1.08 bits per heavy atom. The fourth-order valence-corrected chi connectivity index (χ4v) is 3.35. The molecule has 3 nitrogen and oxygen atoms in total. The molecule has 0 saturated carbocycles. The second-order valence-electron chi connectivity index (χ2n) is 6.21. The third kappa shape index (κ3) is 3.39. The molecule has 0 fully saturated rings. The van der Waals surface area contributed by atoms with Crippen LogP contribution in [0.15, 0.2) is 83.7 Å². The third-order valence-electron chi connectivity index (χ3n) is 4.55. The van der Waals surface area contributed by atoms with Gasteiger partial charge in [0, 0.05) is 24.0 Å².